The average Bonchev–Trinajstić information content (AvgIpc) is 2.69. The van der Waals surface area contributed by atoms with Crippen molar-refractivity contribution in [2.24, 2.45) is 0 Å². The van der Waals surface area contributed by atoms with Crippen LogP contribution in [0.25, 0.3) is 5.52 Å². The van der Waals surface area contributed by atoms with Crippen LogP contribution in [0.5, 0.6) is 0 Å². The fraction of sp³-hybridized carbons (Fsp3) is 0.182. The summed E-state index contributed by atoms with van der Waals surface area (Å²) in [5, 5.41) is 0. The Morgan fingerprint density at radius 3 is 3.06 bits per heavy atom. The van der Waals surface area contributed by atoms with Gasteiger partial charge >= 0.3 is 5.97 Å². The number of carbonyl (C=O) groups is 2. The first kappa shape index (κ1) is 11.8. The number of aromatic nitrogens is 2. The number of hydrogen-bond acceptors (Lipinski definition) is 4. The first-order valence-electron chi connectivity index (χ1n) is 4.86. The number of rotatable bonds is 3. The molecule has 2 rings (SSSR count). The number of aldehydes is 1. The van der Waals surface area contributed by atoms with Crippen LogP contribution in [-0.2, 0) is 16.0 Å². The van der Waals surface area contributed by atoms with Crippen LogP contribution in [-0.4, -0.2) is 28.7 Å². The highest BCUT2D eigenvalue weighted by Gasteiger charge is 2.19. The highest BCUT2D eigenvalue weighted by atomic mass is 79.9. The third-order valence-corrected chi connectivity index (χ3v) is 2.97. The third-order valence-electron chi connectivity index (χ3n) is 2.33. The minimum Gasteiger partial charge on any atom is -0.464 e. The third kappa shape index (κ3) is 1.95. The van der Waals surface area contributed by atoms with E-state index in [1.54, 1.807) is 22.7 Å². The van der Waals surface area contributed by atoms with E-state index in [2.05, 4.69) is 25.7 Å². The Balaban J connectivity index is 2.75. The monoisotopic (exact) mass is 296 g/mol. The Labute approximate surface area is 106 Å². The molecule has 0 aliphatic heterocycles. The lowest BCUT2D eigenvalue weighted by Crippen LogP contribution is -2.02. The van der Waals surface area contributed by atoms with Gasteiger partial charge in [0, 0.05) is 10.7 Å². The number of carbonyl (C=O) groups excluding carboxylic acids is 2. The molecule has 0 atom stereocenters. The summed E-state index contributed by atoms with van der Waals surface area (Å²) in [6.07, 6.45) is 2.64. The molecular formula is C11H9BrN2O3. The van der Waals surface area contributed by atoms with Crippen LogP contribution in [0.3, 0.4) is 0 Å². The topological polar surface area (TPSA) is 60.7 Å². The minimum atomic E-state index is -0.522. The Morgan fingerprint density at radius 2 is 2.41 bits per heavy atom. The lowest BCUT2D eigenvalue weighted by Gasteiger charge is -2.00. The maximum Gasteiger partial charge on any atom is 0.358 e. The van der Waals surface area contributed by atoms with E-state index in [-0.39, 0.29) is 12.1 Å². The van der Waals surface area contributed by atoms with E-state index in [0.29, 0.717) is 11.3 Å². The van der Waals surface area contributed by atoms with Crippen molar-refractivity contribution in [2.45, 2.75) is 6.42 Å². The number of halogens is 1. The molecule has 6 heteroatoms. The van der Waals surface area contributed by atoms with Gasteiger partial charge in [0.15, 0.2) is 5.69 Å². The van der Waals surface area contributed by atoms with Gasteiger partial charge in [-0.3, -0.25) is 0 Å². The van der Waals surface area contributed by atoms with Gasteiger partial charge in [-0.1, -0.05) is 0 Å². The largest absolute Gasteiger partial charge is 0.464 e. The summed E-state index contributed by atoms with van der Waals surface area (Å²) in [5.41, 5.74) is 0.813. The van der Waals surface area contributed by atoms with E-state index in [1.807, 2.05) is 0 Å². The van der Waals surface area contributed by atoms with Crippen LogP contribution in [0.1, 0.15) is 16.3 Å². The second kappa shape index (κ2) is 4.67. The molecule has 0 bridgehead atoms. The van der Waals surface area contributed by atoms with Crippen LogP contribution in [0.2, 0.25) is 0 Å². The van der Waals surface area contributed by atoms with E-state index in [1.165, 1.54) is 7.11 Å². The molecule has 0 radical (unpaired) electrons. The zero-order valence-corrected chi connectivity index (χ0v) is 10.6. The molecule has 0 spiro atoms. The van der Waals surface area contributed by atoms with Gasteiger partial charge in [-0.2, -0.15) is 0 Å². The number of pyridine rings is 1. The number of nitrogens with zero attached hydrogens (tertiary/aromatic N) is 2. The molecule has 2 aromatic heterocycles. The van der Waals surface area contributed by atoms with Gasteiger partial charge in [0.05, 0.1) is 19.0 Å². The Hall–Kier alpha value is -1.69. The van der Waals surface area contributed by atoms with Crippen molar-refractivity contribution < 1.29 is 14.3 Å². The molecule has 0 amide bonds. The van der Waals surface area contributed by atoms with Crippen LogP contribution in [0.15, 0.2) is 22.8 Å². The summed E-state index contributed by atoms with van der Waals surface area (Å²) < 4.78 is 7.09. The molecule has 0 aliphatic carbocycles. The standard InChI is InChI=1S/C11H9BrN2O3/c1-17-11(16)9-10-7(12)3-2-5-14(10)8(13-9)4-6-15/h2-3,5-6H,4H2,1H3. The van der Waals surface area contributed by atoms with Gasteiger partial charge in [0.2, 0.25) is 0 Å². The smallest absolute Gasteiger partial charge is 0.358 e. The second-order valence-corrected chi connectivity index (χ2v) is 4.17. The summed E-state index contributed by atoms with van der Waals surface area (Å²) >= 11 is 3.35. The first-order valence-corrected chi connectivity index (χ1v) is 5.65. The molecule has 0 unspecified atom stereocenters. The van der Waals surface area contributed by atoms with Gasteiger partial charge in [-0.05, 0) is 28.1 Å². The Bertz CT molecular complexity index is 592. The fourth-order valence-electron chi connectivity index (χ4n) is 1.62. The highest BCUT2D eigenvalue weighted by Crippen LogP contribution is 2.23. The van der Waals surface area contributed by atoms with E-state index in [9.17, 15) is 9.59 Å². The molecular weight excluding hydrogens is 288 g/mol. The number of methoxy groups -OCH3 is 1. The molecule has 0 saturated heterocycles. The molecule has 2 heterocycles. The number of ether oxygens (including phenoxy) is 1. The summed E-state index contributed by atoms with van der Waals surface area (Å²) in [5.74, 6) is -0.0109. The molecule has 0 N–H and O–H groups in total. The van der Waals surface area contributed by atoms with Gasteiger partial charge in [0.1, 0.15) is 12.1 Å². The van der Waals surface area contributed by atoms with Crippen molar-refractivity contribution in [3.63, 3.8) is 0 Å². The Morgan fingerprint density at radius 1 is 1.65 bits per heavy atom. The molecule has 17 heavy (non-hydrogen) atoms. The fourth-order valence-corrected chi connectivity index (χ4v) is 2.15. The zero-order valence-electron chi connectivity index (χ0n) is 9.01. The van der Waals surface area contributed by atoms with Crippen molar-refractivity contribution in [3.05, 3.63) is 34.3 Å². The van der Waals surface area contributed by atoms with E-state index in [4.69, 9.17) is 0 Å². The van der Waals surface area contributed by atoms with Gasteiger partial charge in [0.25, 0.3) is 0 Å². The molecule has 0 fully saturated rings. The quantitative estimate of drug-likeness (QED) is 0.638. The average molecular weight is 297 g/mol. The second-order valence-electron chi connectivity index (χ2n) is 3.31. The summed E-state index contributed by atoms with van der Waals surface area (Å²) in [6.45, 7) is 0. The van der Waals surface area contributed by atoms with Crippen LogP contribution in [0.4, 0.5) is 0 Å². The van der Waals surface area contributed by atoms with E-state index in [0.717, 1.165) is 10.8 Å². The van der Waals surface area contributed by atoms with E-state index >= 15 is 0 Å². The minimum absolute atomic E-state index is 0.147. The first-order chi connectivity index (χ1) is 8.19. The van der Waals surface area contributed by atoms with Crippen molar-refractivity contribution in [3.8, 4) is 0 Å². The van der Waals surface area contributed by atoms with Crippen molar-refractivity contribution in [1.29, 1.82) is 0 Å². The van der Waals surface area contributed by atoms with E-state index < -0.39 is 5.97 Å². The Kier molecular flexibility index (Phi) is 3.23. The highest BCUT2D eigenvalue weighted by molar-refractivity contribution is 9.10. The van der Waals surface area contributed by atoms with Crippen molar-refractivity contribution >= 4 is 33.7 Å². The molecule has 5 nitrogen and oxygen atoms in total. The SMILES string of the molecule is COC(=O)c1nc(CC=O)n2cccc(Br)c12. The summed E-state index contributed by atoms with van der Waals surface area (Å²) in [6, 6.07) is 3.60. The molecule has 0 aromatic carbocycles. The summed E-state index contributed by atoms with van der Waals surface area (Å²) in [4.78, 5) is 26.3. The predicted octanol–water partition coefficient (Wildman–Crippen LogP) is 1.62. The van der Waals surface area contributed by atoms with Crippen molar-refractivity contribution in [1.82, 2.24) is 9.38 Å². The van der Waals surface area contributed by atoms with Crippen LogP contribution < -0.4 is 0 Å². The number of fused-ring (bicyclic) bond motifs is 1. The van der Waals surface area contributed by atoms with Gasteiger partial charge in [-0.15, -0.1) is 0 Å². The molecule has 0 aliphatic rings. The number of esters is 1. The molecule has 2 aromatic rings. The maximum absolute atomic E-state index is 11.6. The normalized spacial score (nSPS) is 10.5. The summed E-state index contributed by atoms with van der Waals surface area (Å²) in [7, 11) is 1.30. The van der Waals surface area contributed by atoms with Gasteiger partial charge in [-0.25, -0.2) is 9.78 Å². The number of imidazole rings is 1. The lowest BCUT2D eigenvalue weighted by atomic mass is 10.3. The zero-order chi connectivity index (χ0) is 12.4. The van der Waals surface area contributed by atoms with Crippen LogP contribution in [0, 0.1) is 0 Å². The number of hydrogen-bond donors (Lipinski definition) is 0. The maximum atomic E-state index is 11.6. The molecule has 0 saturated carbocycles. The van der Waals surface area contributed by atoms with Crippen molar-refractivity contribution in [2.75, 3.05) is 7.11 Å². The predicted molar refractivity (Wildman–Crippen MR) is 64.0 cm³/mol. The van der Waals surface area contributed by atoms with Gasteiger partial charge < -0.3 is 13.9 Å². The lowest BCUT2D eigenvalue weighted by molar-refractivity contribution is -0.107. The molecule has 88 valence electrons. The van der Waals surface area contributed by atoms with Crippen LogP contribution >= 0.6 is 15.9 Å².